The number of carbonyl (C=O) groups excluding carboxylic acids is 1. The monoisotopic (exact) mass is 501 g/mol. The number of carbonyl (C=O) groups is 1. The van der Waals surface area contributed by atoms with Gasteiger partial charge >= 0.3 is 6.03 Å². The molecule has 5 rings (SSSR count). The van der Waals surface area contributed by atoms with Crippen molar-refractivity contribution in [2.75, 3.05) is 25.0 Å². The van der Waals surface area contributed by atoms with Gasteiger partial charge in [-0.15, -0.1) is 0 Å². The predicted octanol–water partition coefficient (Wildman–Crippen LogP) is 5.92. The van der Waals surface area contributed by atoms with Crippen LogP contribution in [0.25, 0.3) is 16.9 Å². The minimum Gasteiger partial charge on any atom is -0.491 e. The Morgan fingerprint density at radius 2 is 1.92 bits per heavy atom. The number of ether oxygens (including phenoxy) is 1. The van der Waals surface area contributed by atoms with Crippen molar-refractivity contribution in [3.8, 4) is 22.7 Å². The SMILES string of the molecule is Cc1cccc(OCC(C)C)c1-n1nc2c(c1-c1ccc(NC(N)=O)cc1)CN(CC1CCCC1)CC2. The summed E-state index contributed by atoms with van der Waals surface area (Å²) in [4.78, 5) is 14.0. The second-order valence-electron chi connectivity index (χ2n) is 11.0. The molecule has 0 spiro atoms. The van der Waals surface area contributed by atoms with E-state index in [0.29, 0.717) is 18.2 Å². The van der Waals surface area contributed by atoms with E-state index in [2.05, 4.69) is 41.7 Å². The number of nitrogens with two attached hydrogens (primary N) is 1. The summed E-state index contributed by atoms with van der Waals surface area (Å²) in [6, 6.07) is 13.5. The smallest absolute Gasteiger partial charge is 0.316 e. The number of urea groups is 1. The average Bonchev–Trinajstić information content (AvgIpc) is 3.50. The fraction of sp³-hybridized carbons (Fsp3) is 0.467. The van der Waals surface area contributed by atoms with E-state index in [0.717, 1.165) is 59.4 Å². The van der Waals surface area contributed by atoms with Gasteiger partial charge in [0.05, 0.1) is 18.0 Å². The third-order valence-corrected chi connectivity index (χ3v) is 7.51. The second kappa shape index (κ2) is 11.0. The van der Waals surface area contributed by atoms with Gasteiger partial charge in [-0.2, -0.15) is 5.10 Å². The van der Waals surface area contributed by atoms with Gasteiger partial charge in [-0.3, -0.25) is 4.90 Å². The molecule has 2 amide bonds. The summed E-state index contributed by atoms with van der Waals surface area (Å²) in [7, 11) is 0. The highest BCUT2D eigenvalue weighted by molar-refractivity contribution is 5.88. The molecule has 7 nitrogen and oxygen atoms in total. The molecular formula is C30H39N5O2. The van der Waals surface area contributed by atoms with Gasteiger partial charge in [0.1, 0.15) is 11.4 Å². The number of benzene rings is 2. The molecule has 196 valence electrons. The molecule has 2 aliphatic rings. The van der Waals surface area contributed by atoms with Gasteiger partial charge in [0, 0.05) is 42.9 Å². The maximum absolute atomic E-state index is 11.4. The van der Waals surface area contributed by atoms with E-state index in [1.54, 1.807) is 0 Å². The molecule has 1 aliphatic heterocycles. The van der Waals surface area contributed by atoms with Crippen molar-refractivity contribution in [2.24, 2.45) is 17.6 Å². The number of rotatable bonds is 8. The third kappa shape index (κ3) is 5.67. The third-order valence-electron chi connectivity index (χ3n) is 7.51. The fourth-order valence-corrected chi connectivity index (χ4v) is 5.73. The van der Waals surface area contributed by atoms with Gasteiger partial charge in [0.15, 0.2) is 0 Å². The maximum atomic E-state index is 11.4. The number of hydrogen-bond acceptors (Lipinski definition) is 4. The molecule has 3 aromatic rings. The van der Waals surface area contributed by atoms with Gasteiger partial charge in [0.25, 0.3) is 0 Å². The Hall–Kier alpha value is -3.32. The van der Waals surface area contributed by atoms with Crippen LogP contribution >= 0.6 is 0 Å². The Bertz CT molecular complexity index is 1240. The molecule has 3 N–H and O–H groups in total. The van der Waals surface area contributed by atoms with E-state index in [-0.39, 0.29) is 0 Å². The first kappa shape index (κ1) is 25.3. The Morgan fingerprint density at radius 1 is 1.16 bits per heavy atom. The van der Waals surface area contributed by atoms with Crippen LogP contribution in [-0.4, -0.2) is 40.4 Å². The quantitative estimate of drug-likeness (QED) is 0.401. The minimum atomic E-state index is -0.565. The molecule has 37 heavy (non-hydrogen) atoms. The number of anilines is 1. The van der Waals surface area contributed by atoms with Crippen molar-refractivity contribution < 1.29 is 9.53 Å². The van der Waals surface area contributed by atoms with E-state index in [1.165, 1.54) is 37.8 Å². The van der Waals surface area contributed by atoms with Gasteiger partial charge in [-0.1, -0.05) is 51.0 Å². The molecule has 0 unspecified atom stereocenters. The number of para-hydroxylation sites is 1. The van der Waals surface area contributed by atoms with E-state index in [4.69, 9.17) is 15.6 Å². The van der Waals surface area contributed by atoms with Crippen LogP contribution in [0.5, 0.6) is 5.75 Å². The normalized spacial score (nSPS) is 16.2. The zero-order valence-corrected chi connectivity index (χ0v) is 22.3. The number of hydrogen-bond donors (Lipinski definition) is 2. The van der Waals surface area contributed by atoms with Crippen LogP contribution in [-0.2, 0) is 13.0 Å². The fourth-order valence-electron chi connectivity index (χ4n) is 5.73. The van der Waals surface area contributed by atoms with Crippen molar-refractivity contribution in [2.45, 2.75) is 59.4 Å². The molecule has 1 fully saturated rings. The standard InChI is InChI=1S/C30H39N5O2/c1-20(2)19-37-27-10-6-7-21(3)28(27)35-29(23-11-13-24(14-12-23)32-30(31)36)25-18-34(16-15-26(25)33-35)17-22-8-4-5-9-22/h6-7,10-14,20,22H,4-5,8-9,15-19H2,1-3H3,(H3,31,32,36). The Kier molecular flexibility index (Phi) is 7.51. The largest absolute Gasteiger partial charge is 0.491 e. The molecule has 0 bridgehead atoms. The maximum Gasteiger partial charge on any atom is 0.316 e. The number of nitrogens with zero attached hydrogens (tertiary/aromatic N) is 3. The van der Waals surface area contributed by atoms with Crippen LogP contribution in [0.1, 0.15) is 56.4 Å². The lowest BCUT2D eigenvalue weighted by Crippen LogP contribution is -2.34. The first-order valence-electron chi connectivity index (χ1n) is 13.6. The number of fused-ring (bicyclic) bond motifs is 1. The summed E-state index contributed by atoms with van der Waals surface area (Å²) >= 11 is 0. The average molecular weight is 502 g/mol. The number of primary amides is 1. The molecular weight excluding hydrogens is 462 g/mol. The highest BCUT2D eigenvalue weighted by Crippen LogP contribution is 2.38. The number of aryl methyl sites for hydroxylation is 1. The Morgan fingerprint density at radius 3 is 2.62 bits per heavy atom. The number of nitrogens with one attached hydrogen (secondary N) is 1. The predicted molar refractivity (Wildman–Crippen MR) is 148 cm³/mol. The summed E-state index contributed by atoms with van der Waals surface area (Å²) < 4.78 is 8.40. The van der Waals surface area contributed by atoms with E-state index in [9.17, 15) is 4.79 Å². The highest BCUT2D eigenvalue weighted by Gasteiger charge is 2.29. The summed E-state index contributed by atoms with van der Waals surface area (Å²) in [5.41, 5.74) is 12.7. The molecule has 1 aliphatic carbocycles. The molecule has 2 heterocycles. The molecule has 7 heteroatoms. The van der Waals surface area contributed by atoms with Crippen LogP contribution in [0.4, 0.5) is 10.5 Å². The lowest BCUT2D eigenvalue weighted by molar-refractivity contribution is 0.214. The summed E-state index contributed by atoms with van der Waals surface area (Å²) in [6.07, 6.45) is 6.38. The van der Waals surface area contributed by atoms with Gasteiger partial charge < -0.3 is 15.8 Å². The van der Waals surface area contributed by atoms with Crippen LogP contribution in [0, 0.1) is 18.8 Å². The topological polar surface area (TPSA) is 85.4 Å². The zero-order chi connectivity index (χ0) is 25.9. The van der Waals surface area contributed by atoms with Crippen molar-refractivity contribution in [3.63, 3.8) is 0 Å². The van der Waals surface area contributed by atoms with Gasteiger partial charge in [-0.05, 0) is 55.4 Å². The van der Waals surface area contributed by atoms with Gasteiger partial charge in [-0.25, -0.2) is 9.48 Å². The molecule has 0 radical (unpaired) electrons. The molecule has 1 saturated carbocycles. The Balaban J connectivity index is 1.58. The van der Waals surface area contributed by atoms with E-state index < -0.39 is 6.03 Å². The van der Waals surface area contributed by atoms with Crippen molar-refractivity contribution in [1.82, 2.24) is 14.7 Å². The van der Waals surface area contributed by atoms with Crippen LogP contribution in [0.15, 0.2) is 42.5 Å². The number of amides is 2. The first-order chi connectivity index (χ1) is 17.9. The lowest BCUT2D eigenvalue weighted by atomic mass is 9.98. The number of aromatic nitrogens is 2. The first-order valence-corrected chi connectivity index (χ1v) is 13.6. The van der Waals surface area contributed by atoms with Crippen LogP contribution in [0.3, 0.4) is 0 Å². The summed E-state index contributed by atoms with van der Waals surface area (Å²) in [6.45, 7) is 10.2. The van der Waals surface area contributed by atoms with Gasteiger partial charge in [0.2, 0.25) is 0 Å². The lowest BCUT2D eigenvalue weighted by Gasteiger charge is -2.29. The summed E-state index contributed by atoms with van der Waals surface area (Å²) in [5, 5.41) is 7.87. The van der Waals surface area contributed by atoms with Crippen LogP contribution < -0.4 is 15.8 Å². The molecule has 1 aromatic heterocycles. The highest BCUT2D eigenvalue weighted by atomic mass is 16.5. The molecule has 0 saturated heterocycles. The minimum absolute atomic E-state index is 0.424. The molecule has 0 atom stereocenters. The van der Waals surface area contributed by atoms with E-state index >= 15 is 0 Å². The van der Waals surface area contributed by atoms with Crippen LogP contribution in [0.2, 0.25) is 0 Å². The second-order valence-corrected chi connectivity index (χ2v) is 11.0. The molecule has 2 aromatic carbocycles. The van der Waals surface area contributed by atoms with E-state index in [1.807, 2.05) is 36.4 Å². The van der Waals surface area contributed by atoms with Crippen molar-refractivity contribution in [3.05, 3.63) is 59.3 Å². The Labute approximate surface area is 220 Å². The van der Waals surface area contributed by atoms with Crippen molar-refractivity contribution >= 4 is 11.7 Å². The summed E-state index contributed by atoms with van der Waals surface area (Å²) in [5.74, 6) is 2.09. The zero-order valence-electron chi connectivity index (χ0n) is 22.3. The van der Waals surface area contributed by atoms with Crippen molar-refractivity contribution in [1.29, 1.82) is 0 Å².